The quantitative estimate of drug-likeness (QED) is 0.479. The summed E-state index contributed by atoms with van der Waals surface area (Å²) in [6.45, 7) is 0. The van der Waals surface area contributed by atoms with Crippen molar-refractivity contribution in [2.45, 2.75) is 17.9 Å². The van der Waals surface area contributed by atoms with Crippen LogP contribution in [0.1, 0.15) is 21.5 Å². The lowest BCUT2D eigenvalue weighted by atomic mass is 9.80. The number of nitrogens with one attached hydrogen (secondary N) is 2. The molecule has 0 radical (unpaired) electrons. The van der Waals surface area contributed by atoms with Crippen molar-refractivity contribution in [3.63, 3.8) is 0 Å². The molecule has 3 aromatic rings. The van der Waals surface area contributed by atoms with E-state index in [4.69, 9.17) is 16.0 Å². The fraction of sp³-hybridized carbons (Fsp3) is 0.200. The van der Waals surface area contributed by atoms with E-state index in [0.29, 0.717) is 10.6 Å². The third kappa shape index (κ3) is 3.82. The highest BCUT2D eigenvalue weighted by Gasteiger charge is 2.67. The molecular weight excluding hydrogens is 457 g/mol. The lowest BCUT2D eigenvalue weighted by molar-refractivity contribution is -0.287. The number of hydrogen-bond donors (Lipinski definition) is 3. The van der Waals surface area contributed by atoms with Crippen molar-refractivity contribution in [2.75, 3.05) is 0 Å². The van der Waals surface area contributed by atoms with Gasteiger partial charge in [-0.2, -0.15) is 13.2 Å². The van der Waals surface area contributed by atoms with Crippen LogP contribution in [0, 0.1) is 5.92 Å². The van der Waals surface area contributed by atoms with Crippen LogP contribution < -0.4 is 10.6 Å². The smallest absolute Gasteiger partial charge is 0.437 e. The zero-order valence-electron chi connectivity index (χ0n) is 15.4. The third-order valence-electron chi connectivity index (χ3n) is 4.90. The highest BCUT2D eigenvalue weighted by molar-refractivity contribution is 7.12. The first kappa shape index (κ1) is 21.4. The average molecular weight is 471 g/mol. The van der Waals surface area contributed by atoms with Crippen LogP contribution in [-0.4, -0.2) is 28.8 Å². The summed E-state index contributed by atoms with van der Waals surface area (Å²) in [6, 6.07) is 9.37. The molecule has 4 rings (SSSR count). The van der Waals surface area contributed by atoms with Gasteiger partial charge in [-0.3, -0.25) is 4.79 Å². The second-order valence-corrected chi connectivity index (χ2v) is 8.26. The number of thiophene rings is 1. The van der Waals surface area contributed by atoms with Gasteiger partial charge in [0.15, 0.2) is 5.78 Å². The molecule has 0 spiro atoms. The minimum Gasteiger partial charge on any atom is -0.459 e. The molecular formula is C20H14ClF3N2O4S. The standard InChI is InChI=1S/C20H14ClF3N2O4S/c21-11-4-1-3-10(9-11)12-6-7-13(30-12)16-15(17(27)14-5-2-8-31-14)19(29,20(22,23)24)26-18(28)25-16/h1-9,15-16,29H,(H2,25,26,28)/t15-,16-,19-/m0/s1. The predicted molar refractivity (Wildman–Crippen MR) is 107 cm³/mol. The molecule has 1 aromatic carbocycles. The van der Waals surface area contributed by atoms with Gasteiger partial charge in [-0.25, -0.2) is 4.79 Å². The Hall–Kier alpha value is -2.82. The molecule has 162 valence electrons. The van der Waals surface area contributed by atoms with Gasteiger partial charge >= 0.3 is 12.2 Å². The first-order valence-electron chi connectivity index (χ1n) is 8.91. The van der Waals surface area contributed by atoms with Crippen LogP contribution in [-0.2, 0) is 0 Å². The molecule has 11 heteroatoms. The molecule has 0 bridgehead atoms. The molecule has 0 saturated carbocycles. The fourth-order valence-corrected chi connectivity index (χ4v) is 4.36. The Morgan fingerprint density at radius 2 is 1.97 bits per heavy atom. The first-order valence-corrected chi connectivity index (χ1v) is 10.2. The van der Waals surface area contributed by atoms with Crippen molar-refractivity contribution in [3.8, 4) is 11.3 Å². The maximum atomic E-state index is 13.9. The highest BCUT2D eigenvalue weighted by atomic mass is 35.5. The van der Waals surface area contributed by atoms with Crippen LogP contribution in [0.4, 0.5) is 18.0 Å². The van der Waals surface area contributed by atoms with Gasteiger partial charge in [-0.05, 0) is 35.7 Å². The van der Waals surface area contributed by atoms with Gasteiger partial charge < -0.3 is 20.2 Å². The van der Waals surface area contributed by atoms with Crippen LogP contribution in [0.3, 0.4) is 0 Å². The SMILES string of the molecule is O=C1N[C@@H](c2ccc(-c3cccc(Cl)c3)o2)[C@@H](C(=O)c2cccs2)[C@](O)(C(F)(F)F)N1. The second-order valence-electron chi connectivity index (χ2n) is 6.87. The lowest BCUT2D eigenvalue weighted by Crippen LogP contribution is -2.72. The summed E-state index contributed by atoms with van der Waals surface area (Å²) in [4.78, 5) is 25.1. The van der Waals surface area contributed by atoms with E-state index >= 15 is 0 Å². The number of urea groups is 1. The number of rotatable bonds is 4. The van der Waals surface area contributed by atoms with Crippen molar-refractivity contribution in [3.05, 3.63) is 69.6 Å². The summed E-state index contributed by atoms with van der Waals surface area (Å²) in [7, 11) is 0. The Kier molecular flexibility index (Phi) is 5.32. The number of benzene rings is 1. The molecule has 6 nitrogen and oxygen atoms in total. The summed E-state index contributed by atoms with van der Waals surface area (Å²) in [5, 5.41) is 16.2. The van der Waals surface area contributed by atoms with Crippen molar-refractivity contribution < 1.29 is 32.3 Å². The molecule has 3 N–H and O–H groups in total. The Labute approximate surface area is 182 Å². The van der Waals surface area contributed by atoms with Gasteiger partial charge in [0.1, 0.15) is 23.5 Å². The van der Waals surface area contributed by atoms with E-state index in [9.17, 15) is 27.9 Å². The van der Waals surface area contributed by atoms with Crippen molar-refractivity contribution in [2.24, 2.45) is 5.92 Å². The van der Waals surface area contributed by atoms with E-state index in [-0.39, 0.29) is 16.4 Å². The van der Waals surface area contributed by atoms with Crippen LogP contribution in [0.25, 0.3) is 11.3 Å². The van der Waals surface area contributed by atoms with E-state index in [2.05, 4.69) is 5.32 Å². The summed E-state index contributed by atoms with van der Waals surface area (Å²) in [6.07, 6.45) is -5.33. The molecule has 0 unspecified atom stereocenters. The molecule has 2 aromatic heterocycles. The fourth-order valence-electron chi connectivity index (χ4n) is 3.47. The maximum absolute atomic E-state index is 13.9. The van der Waals surface area contributed by atoms with E-state index < -0.39 is 35.7 Å². The Morgan fingerprint density at radius 3 is 2.61 bits per heavy atom. The van der Waals surface area contributed by atoms with Gasteiger partial charge in [0.05, 0.1) is 4.88 Å². The Bertz CT molecular complexity index is 1130. The second kappa shape index (κ2) is 7.70. The number of Topliss-reactive ketones (excluding diaryl/α,β-unsaturated/α-hetero) is 1. The van der Waals surface area contributed by atoms with Gasteiger partial charge in [0.2, 0.25) is 5.72 Å². The highest BCUT2D eigenvalue weighted by Crippen LogP contribution is 2.45. The molecule has 1 aliphatic heterocycles. The van der Waals surface area contributed by atoms with Crippen molar-refractivity contribution in [1.29, 1.82) is 0 Å². The van der Waals surface area contributed by atoms with Crippen LogP contribution in [0.5, 0.6) is 0 Å². The summed E-state index contributed by atoms with van der Waals surface area (Å²) >= 11 is 6.89. The molecule has 1 aliphatic rings. The summed E-state index contributed by atoms with van der Waals surface area (Å²) in [5.41, 5.74) is -3.25. The van der Waals surface area contributed by atoms with E-state index in [1.807, 2.05) is 0 Å². The number of halogens is 4. The van der Waals surface area contributed by atoms with Crippen molar-refractivity contribution >= 4 is 34.8 Å². The molecule has 1 fully saturated rings. The number of furan rings is 1. The van der Waals surface area contributed by atoms with Gasteiger partial charge in [0, 0.05) is 10.6 Å². The topological polar surface area (TPSA) is 91.6 Å². The molecule has 3 atom stereocenters. The van der Waals surface area contributed by atoms with Gasteiger partial charge in [-0.15, -0.1) is 11.3 Å². The zero-order valence-corrected chi connectivity index (χ0v) is 17.0. The molecule has 0 aliphatic carbocycles. The largest absolute Gasteiger partial charge is 0.459 e. The third-order valence-corrected chi connectivity index (χ3v) is 6.01. The number of hydrogen-bond acceptors (Lipinski definition) is 5. The molecule has 31 heavy (non-hydrogen) atoms. The average Bonchev–Trinajstić information content (AvgIpc) is 3.38. The normalized spacial score (nSPS) is 23.8. The number of amides is 2. The number of alkyl halides is 3. The Balaban J connectivity index is 1.80. The number of aliphatic hydroxyl groups is 1. The summed E-state index contributed by atoms with van der Waals surface area (Å²) in [5.74, 6) is -2.99. The van der Waals surface area contributed by atoms with E-state index in [1.54, 1.807) is 24.3 Å². The zero-order chi connectivity index (χ0) is 22.4. The summed E-state index contributed by atoms with van der Waals surface area (Å²) < 4.78 is 47.3. The number of carbonyl (C=O) groups excluding carboxylic acids is 2. The number of ketones is 1. The van der Waals surface area contributed by atoms with E-state index in [0.717, 1.165) is 11.3 Å². The minimum atomic E-state index is -5.33. The van der Waals surface area contributed by atoms with Crippen LogP contribution in [0.15, 0.2) is 58.3 Å². The van der Waals surface area contributed by atoms with Gasteiger partial charge in [0.25, 0.3) is 0 Å². The van der Waals surface area contributed by atoms with Crippen LogP contribution >= 0.6 is 22.9 Å². The minimum absolute atomic E-state index is 0.00255. The molecule has 3 heterocycles. The van der Waals surface area contributed by atoms with Gasteiger partial charge in [-0.1, -0.05) is 29.8 Å². The predicted octanol–water partition coefficient (Wildman–Crippen LogP) is 4.77. The molecule has 2 amide bonds. The number of carbonyl (C=O) groups is 2. The van der Waals surface area contributed by atoms with E-state index in [1.165, 1.54) is 35.0 Å². The monoisotopic (exact) mass is 470 g/mol. The van der Waals surface area contributed by atoms with Crippen LogP contribution in [0.2, 0.25) is 5.02 Å². The Morgan fingerprint density at radius 1 is 1.19 bits per heavy atom. The molecule has 1 saturated heterocycles. The van der Waals surface area contributed by atoms with Crippen molar-refractivity contribution in [1.82, 2.24) is 10.6 Å². The first-order chi connectivity index (χ1) is 14.6. The maximum Gasteiger partial charge on any atom is 0.437 e. The lowest BCUT2D eigenvalue weighted by Gasteiger charge is -2.44.